The minimum Gasteiger partial charge on any atom is -0.320 e. The Hall–Kier alpha value is -2.66. The number of rotatable bonds is 3. The Morgan fingerprint density at radius 2 is 1.48 bits per heavy atom. The summed E-state index contributed by atoms with van der Waals surface area (Å²) >= 11 is 0. The first-order chi connectivity index (χ1) is 13.7. The van der Waals surface area contributed by atoms with E-state index in [4.69, 9.17) is 5.73 Å². The van der Waals surface area contributed by atoms with Gasteiger partial charge in [-0.1, -0.05) is 60.7 Å². The fourth-order valence-corrected chi connectivity index (χ4v) is 4.33. The zero-order chi connectivity index (χ0) is 21.2. The lowest BCUT2D eigenvalue weighted by atomic mass is 9.86. The Bertz CT molecular complexity index is 845. The van der Waals surface area contributed by atoms with Gasteiger partial charge in [-0.3, -0.25) is 9.59 Å². The Morgan fingerprint density at radius 3 is 1.97 bits per heavy atom. The molecule has 1 aliphatic rings. The van der Waals surface area contributed by atoms with Gasteiger partial charge in [0.1, 0.15) is 0 Å². The molecule has 5 nitrogen and oxygen atoms in total. The zero-order valence-corrected chi connectivity index (χ0v) is 17.7. The normalized spacial score (nSPS) is 22.9. The van der Waals surface area contributed by atoms with Crippen LogP contribution < -0.4 is 5.73 Å². The molecule has 0 bridgehead atoms. The summed E-state index contributed by atoms with van der Waals surface area (Å²) in [7, 11) is 0. The van der Waals surface area contributed by atoms with Crippen LogP contribution in [0.2, 0.25) is 0 Å². The quantitative estimate of drug-likeness (QED) is 0.856. The molecule has 3 unspecified atom stereocenters. The Labute approximate surface area is 173 Å². The van der Waals surface area contributed by atoms with Gasteiger partial charge in [0.15, 0.2) is 0 Å². The van der Waals surface area contributed by atoms with E-state index in [1.807, 2.05) is 69.3 Å². The van der Waals surface area contributed by atoms with E-state index in [9.17, 15) is 9.59 Å². The lowest BCUT2D eigenvalue weighted by molar-refractivity contribution is -0.181. The zero-order valence-electron chi connectivity index (χ0n) is 17.7. The van der Waals surface area contributed by atoms with Crippen LogP contribution in [0.5, 0.6) is 0 Å². The molecule has 2 aromatic carbocycles. The predicted molar refractivity (Wildman–Crippen MR) is 115 cm³/mol. The monoisotopic (exact) mass is 393 g/mol. The van der Waals surface area contributed by atoms with Crippen LogP contribution in [0.3, 0.4) is 0 Å². The highest BCUT2D eigenvalue weighted by Crippen LogP contribution is 2.40. The van der Waals surface area contributed by atoms with Crippen LogP contribution >= 0.6 is 0 Å². The van der Waals surface area contributed by atoms with Gasteiger partial charge >= 0.3 is 0 Å². The number of benzene rings is 2. The largest absolute Gasteiger partial charge is 0.320 e. The Morgan fingerprint density at radius 1 is 0.966 bits per heavy atom. The van der Waals surface area contributed by atoms with E-state index in [-0.39, 0.29) is 23.8 Å². The molecule has 1 aliphatic heterocycles. The molecule has 3 rings (SSSR count). The van der Waals surface area contributed by atoms with Gasteiger partial charge in [0.2, 0.25) is 5.91 Å². The van der Waals surface area contributed by atoms with Gasteiger partial charge in [-0.05, 0) is 50.7 Å². The molecule has 2 aromatic rings. The highest BCUT2D eigenvalue weighted by atomic mass is 16.2. The third kappa shape index (κ3) is 4.51. The number of hydrazine groups is 1. The third-order valence-corrected chi connectivity index (χ3v) is 5.49. The topological polar surface area (TPSA) is 66.6 Å². The number of carbonyl (C=O) groups excluding carboxylic acids is 2. The minimum atomic E-state index is -0.668. The number of hydrogen-bond acceptors (Lipinski definition) is 3. The summed E-state index contributed by atoms with van der Waals surface area (Å²) in [5, 5.41) is 3.21. The molecule has 1 saturated heterocycles. The Kier molecular flexibility index (Phi) is 6.08. The SMILES string of the molecule is CC(=O)N(N1C(=O)C(N)CC(c2ccccc2)CC1c1ccccc1)C(C)(C)C. The van der Waals surface area contributed by atoms with Crippen molar-refractivity contribution in [2.45, 2.75) is 64.1 Å². The fraction of sp³-hybridized carbons (Fsp3) is 0.417. The van der Waals surface area contributed by atoms with Crippen LogP contribution in [-0.4, -0.2) is 33.4 Å². The molecule has 0 aliphatic carbocycles. The molecule has 0 saturated carbocycles. The lowest BCUT2D eigenvalue weighted by Crippen LogP contribution is -2.60. The van der Waals surface area contributed by atoms with Gasteiger partial charge in [0, 0.05) is 6.92 Å². The van der Waals surface area contributed by atoms with Crippen LogP contribution in [-0.2, 0) is 9.59 Å². The second-order valence-electron chi connectivity index (χ2n) is 8.80. The van der Waals surface area contributed by atoms with Gasteiger partial charge in [-0.2, -0.15) is 0 Å². The Balaban J connectivity index is 2.13. The van der Waals surface area contributed by atoms with Crippen molar-refractivity contribution in [2.24, 2.45) is 5.73 Å². The molecular weight excluding hydrogens is 362 g/mol. The first-order valence-electron chi connectivity index (χ1n) is 10.2. The molecule has 3 atom stereocenters. The molecule has 1 heterocycles. The molecule has 29 heavy (non-hydrogen) atoms. The summed E-state index contributed by atoms with van der Waals surface area (Å²) in [6, 6.07) is 19.2. The molecule has 2 N–H and O–H groups in total. The molecule has 0 radical (unpaired) electrons. The smallest absolute Gasteiger partial charge is 0.258 e. The first-order valence-corrected chi connectivity index (χ1v) is 10.2. The van der Waals surface area contributed by atoms with Crippen molar-refractivity contribution in [1.82, 2.24) is 10.0 Å². The third-order valence-electron chi connectivity index (χ3n) is 5.49. The van der Waals surface area contributed by atoms with Gasteiger partial charge < -0.3 is 5.73 Å². The minimum absolute atomic E-state index is 0.124. The van der Waals surface area contributed by atoms with E-state index >= 15 is 0 Å². The number of hydrogen-bond donors (Lipinski definition) is 1. The molecule has 1 fully saturated rings. The van der Waals surface area contributed by atoms with Crippen LogP contribution in [0.4, 0.5) is 0 Å². The van der Waals surface area contributed by atoms with Crippen LogP contribution in [0.25, 0.3) is 0 Å². The van der Waals surface area contributed by atoms with E-state index < -0.39 is 11.6 Å². The molecule has 154 valence electrons. The van der Waals surface area contributed by atoms with Crippen molar-refractivity contribution >= 4 is 11.8 Å². The van der Waals surface area contributed by atoms with E-state index in [2.05, 4.69) is 12.1 Å². The summed E-state index contributed by atoms with van der Waals surface area (Å²) < 4.78 is 0. The van der Waals surface area contributed by atoms with Crippen molar-refractivity contribution in [3.8, 4) is 0 Å². The first kappa shape index (κ1) is 21.1. The van der Waals surface area contributed by atoms with Gasteiger partial charge in [-0.25, -0.2) is 10.0 Å². The second kappa shape index (κ2) is 8.37. The highest BCUT2D eigenvalue weighted by molar-refractivity contribution is 5.86. The van der Waals surface area contributed by atoms with E-state index in [1.165, 1.54) is 12.5 Å². The van der Waals surface area contributed by atoms with Crippen molar-refractivity contribution in [3.05, 3.63) is 71.8 Å². The van der Waals surface area contributed by atoms with Crippen LogP contribution in [0, 0.1) is 0 Å². The maximum absolute atomic E-state index is 13.5. The number of nitrogens with zero attached hydrogens (tertiary/aromatic N) is 2. The van der Waals surface area contributed by atoms with Crippen LogP contribution in [0.15, 0.2) is 60.7 Å². The second-order valence-corrected chi connectivity index (χ2v) is 8.80. The van der Waals surface area contributed by atoms with Crippen LogP contribution in [0.1, 0.15) is 63.6 Å². The molecule has 2 amide bonds. The fourth-order valence-electron chi connectivity index (χ4n) is 4.33. The molecule has 5 heteroatoms. The maximum atomic E-state index is 13.5. The number of amides is 2. The molecule has 0 aromatic heterocycles. The standard InChI is InChI=1S/C24H31N3O2/c1-17(28)27(24(2,3)4)26-22(19-13-9-6-10-14-19)16-20(15-21(25)23(26)29)18-11-7-5-8-12-18/h5-14,20-22H,15-16,25H2,1-4H3. The summed E-state index contributed by atoms with van der Waals surface area (Å²) in [5.41, 5.74) is 8.01. The van der Waals surface area contributed by atoms with Crippen molar-refractivity contribution in [2.75, 3.05) is 0 Å². The average Bonchev–Trinajstić information content (AvgIpc) is 2.80. The number of carbonyl (C=O) groups is 2. The highest BCUT2D eigenvalue weighted by Gasteiger charge is 2.43. The average molecular weight is 394 g/mol. The molecule has 0 spiro atoms. The summed E-state index contributed by atoms with van der Waals surface area (Å²) in [4.78, 5) is 26.2. The van der Waals surface area contributed by atoms with Gasteiger partial charge in [0.05, 0.1) is 17.6 Å². The van der Waals surface area contributed by atoms with Gasteiger partial charge in [0.25, 0.3) is 5.91 Å². The van der Waals surface area contributed by atoms with Crippen molar-refractivity contribution in [3.63, 3.8) is 0 Å². The summed E-state index contributed by atoms with van der Waals surface area (Å²) in [5.74, 6) is -0.251. The molecular formula is C24H31N3O2. The van der Waals surface area contributed by atoms with E-state index in [0.29, 0.717) is 12.8 Å². The van der Waals surface area contributed by atoms with E-state index in [0.717, 1.165) is 5.56 Å². The summed E-state index contributed by atoms with van der Waals surface area (Å²) in [6.07, 6.45) is 1.26. The van der Waals surface area contributed by atoms with E-state index in [1.54, 1.807) is 10.0 Å². The van der Waals surface area contributed by atoms with Gasteiger partial charge in [-0.15, -0.1) is 0 Å². The lowest BCUT2D eigenvalue weighted by Gasteiger charge is -2.46. The number of nitrogens with two attached hydrogens (primary N) is 1. The predicted octanol–water partition coefficient (Wildman–Crippen LogP) is 4.02. The van der Waals surface area contributed by atoms with Crippen molar-refractivity contribution < 1.29 is 9.59 Å². The maximum Gasteiger partial charge on any atom is 0.258 e. The van der Waals surface area contributed by atoms with Crippen molar-refractivity contribution in [1.29, 1.82) is 0 Å². The summed E-state index contributed by atoms with van der Waals surface area (Å²) in [6.45, 7) is 7.32.